The molecule has 0 fully saturated rings. The van der Waals surface area contributed by atoms with Crippen molar-refractivity contribution in [1.29, 1.82) is 0 Å². The lowest BCUT2D eigenvalue weighted by Crippen LogP contribution is -2.26. The predicted molar refractivity (Wildman–Crippen MR) is 59.5 cm³/mol. The van der Waals surface area contributed by atoms with Gasteiger partial charge in [0.25, 0.3) is 0 Å². The highest BCUT2D eigenvalue weighted by molar-refractivity contribution is 5.90. The van der Waals surface area contributed by atoms with Gasteiger partial charge in [-0.15, -0.1) is 0 Å². The summed E-state index contributed by atoms with van der Waals surface area (Å²) < 4.78 is 10.3. The number of hydrogen-bond acceptors (Lipinski definition) is 3. The molecule has 84 valence electrons. The number of amides is 2. The summed E-state index contributed by atoms with van der Waals surface area (Å²) in [5.74, 6) is 1.32. The maximum absolute atomic E-state index is 11.4. The van der Waals surface area contributed by atoms with Gasteiger partial charge >= 0.3 is 6.03 Å². The first-order valence-electron chi connectivity index (χ1n) is 4.78. The van der Waals surface area contributed by atoms with Gasteiger partial charge in [-0.05, 0) is 19.1 Å². The van der Waals surface area contributed by atoms with Gasteiger partial charge in [-0.3, -0.25) is 0 Å². The van der Waals surface area contributed by atoms with Gasteiger partial charge in [-0.1, -0.05) is 6.58 Å². The summed E-state index contributed by atoms with van der Waals surface area (Å²) >= 11 is 0. The molecule has 16 heavy (non-hydrogen) atoms. The zero-order valence-corrected chi connectivity index (χ0v) is 8.87. The number of urea groups is 1. The molecule has 0 radical (unpaired) electrons. The molecule has 0 aromatic heterocycles. The first-order valence-corrected chi connectivity index (χ1v) is 4.78. The van der Waals surface area contributed by atoms with E-state index in [2.05, 4.69) is 17.2 Å². The number of allylic oxidation sites excluding steroid dienone is 1. The molecule has 1 aromatic carbocycles. The van der Waals surface area contributed by atoms with Gasteiger partial charge in [0.05, 0.1) is 0 Å². The van der Waals surface area contributed by atoms with E-state index in [1.165, 1.54) is 0 Å². The summed E-state index contributed by atoms with van der Waals surface area (Å²) in [5.41, 5.74) is 1.22. The van der Waals surface area contributed by atoms with Gasteiger partial charge in [-0.25, -0.2) is 4.79 Å². The molecular weight excluding hydrogens is 208 g/mol. The van der Waals surface area contributed by atoms with Crippen molar-refractivity contribution in [2.24, 2.45) is 0 Å². The van der Waals surface area contributed by atoms with Crippen LogP contribution in [0.2, 0.25) is 0 Å². The van der Waals surface area contributed by atoms with Crippen molar-refractivity contribution in [3.63, 3.8) is 0 Å². The second-order valence-corrected chi connectivity index (χ2v) is 3.43. The van der Waals surface area contributed by atoms with Crippen LogP contribution in [0.15, 0.2) is 30.5 Å². The Labute approximate surface area is 93.0 Å². The molecule has 1 aliphatic rings. The van der Waals surface area contributed by atoms with E-state index in [-0.39, 0.29) is 12.8 Å². The van der Waals surface area contributed by atoms with Crippen molar-refractivity contribution in [1.82, 2.24) is 5.32 Å². The van der Waals surface area contributed by atoms with Crippen LogP contribution < -0.4 is 20.1 Å². The van der Waals surface area contributed by atoms with Gasteiger partial charge < -0.3 is 20.1 Å². The highest BCUT2D eigenvalue weighted by Crippen LogP contribution is 2.34. The normalized spacial score (nSPS) is 12.1. The second kappa shape index (κ2) is 4.14. The molecule has 0 bridgehead atoms. The third-order valence-electron chi connectivity index (χ3n) is 1.96. The van der Waals surface area contributed by atoms with E-state index in [0.717, 1.165) is 0 Å². The minimum Gasteiger partial charge on any atom is -0.454 e. The monoisotopic (exact) mass is 220 g/mol. The minimum atomic E-state index is -0.327. The number of anilines is 1. The molecule has 1 heterocycles. The lowest BCUT2D eigenvalue weighted by atomic mass is 10.3. The lowest BCUT2D eigenvalue weighted by Gasteiger charge is -2.07. The Balaban J connectivity index is 2.05. The van der Waals surface area contributed by atoms with Crippen LogP contribution in [-0.2, 0) is 0 Å². The SMILES string of the molecule is C=C(C)NC(=O)Nc1ccc2c(c1)OCO2. The second-order valence-electron chi connectivity index (χ2n) is 3.43. The molecule has 5 heteroatoms. The molecule has 5 nitrogen and oxygen atoms in total. The highest BCUT2D eigenvalue weighted by Gasteiger charge is 2.13. The van der Waals surface area contributed by atoms with Crippen molar-refractivity contribution in [2.75, 3.05) is 12.1 Å². The van der Waals surface area contributed by atoms with Gasteiger partial charge in [0.2, 0.25) is 6.79 Å². The van der Waals surface area contributed by atoms with Gasteiger partial charge in [0, 0.05) is 17.5 Å². The number of ether oxygens (including phenoxy) is 2. The van der Waals surface area contributed by atoms with Crippen LogP contribution in [0.4, 0.5) is 10.5 Å². The number of rotatable bonds is 2. The number of carbonyl (C=O) groups is 1. The maximum Gasteiger partial charge on any atom is 0.323 e. The Bertz CT molecular complexity index is 443. The third kappa shape index (κ3) is 2.25. The summed E-state index contributed by atoms with van der Waals surface area (Å²) in [6.45, 7) is 5.50. The van der Waals surface area contributed by atoms with Crippen molar-refractivity contribution in [3.05, 3.63) is 30.5 Å². The fourth-order valence-electron chi connectivity index (χ4n) is 1.33. The Hall–Kier alpha value is -2.17. The smallest absolute Gasteiger partial charge is 0.323 e. The van der Waals surface area contributed by atoms with Crippen LogP contribution in [0.3, 0.4) is 0 Å². The average Bonchev–Trinajstić information content (AvgIpc) is 2.63. The zero-order chi connectivity index (χ0) is 11.5. The molecule has 1 aliphatic heterocycles. The average molecular weight is 220 g/mol. The van der Waals surface area contributed by atoms with Crippen LogP contribution in [0.1, 0.15) is 6.92 Å². The predicted octanol–water partition coefficient (Wildman–Crippen LogP) is 2.07. The van der Waals surface area contributed by atoms with Crippen LogP contribution in [0.5, 0.6) is 11.5 Å². The fraction of sp³-hybridized carbons (Fsp3) is 0.182. The van der Waals surface area contributed by atoms with E-state index in [9.17, 15) is 4.79 Å². The Kier molecular flexibility index (Phi) is 2.68. The van der Waals surface area contributed by atoms with E-state index in [0.29, 0.717) is 22.9 Å². The van der Waals surface area contributed by atoms with E-state index in [1.54, 1.807) is 25.1 Å². The minimum absolute atomic E-state index is 0.219. The molecule has 0 aliphatic carbocycles. The number of carbonyl (C=O) groups excluding carboxylic acids is 1. The van der Waals surface area contributed by atoms with Crippen LogP contribution in [0.25, 0.3) is 0 Å². The topological polar surface area (TPSA) is 59.6 Å². The molecule has 0 atom stereocenters. The molecule has 0 unspecified atom stereocenters. The number of hydrogen-bond donors (Lipinski definition) is 2. The standard InChI is InChI=1S/C11H12N2O3/c1-7(2)12-11(14)13-8-3-4-9-10(5-8)16-6-15-9/h3-5H,1,6H2,2H3,(H2,12,13,14). The molecule has 0 saturated heterocycles. The number of fused-ring (bicyclic) bond motifs is 1. The first-order chi connectivity index (χ1) is 7.65. The molecule has 2 N–H and O–H groups in total. The summed E-state index contributed by atoms with van der Waals surface area (Å²) in [4.78, 5) is 11.4. The number of benzene rings is 1. The number of nitrogens with one attached hydrogen (secondary N) is 2. The highest BCUT2D eigenvalue weighted by atomic mass is 16.7. The van der Waals surface area contributed by atoms with Gasteiger partial charge in [0.15, 0.2) is 11.5 Å². The summed E-state index contributed by atoms with van der Waals surface area (Å²) in [6.07, 6.45) is 0. The van der Waals surface area contributed by atoms with E-state index < -0.39 is 0 Å². The lowest BCUT2D eigenvalue weighted by molar-refractivity contribution is 0.174. The van der Waals surface area contributed by atoms with Crippen molar-refractivity contribution in [2.45, 2.75) is 6.92 Å². The summed E-state index contributed by atoms with van der Waals surface area (Å²) in [6, 6.07) is 4.87. The van der Waals surface area contributed by atoms with Crippen molar-refractivity contribution in [3.8, 4) is 11.5 Å². The van der Waals surface area contributed by atoms with Crippen molar-refractivity contribution < 1.29 is 14.3 Å². The summed E-state index contributed by atoms with van der Waals surface area (Å²) in [7, 11) is 0. The van der Waals surface area contributed by atoms with E-state index in [1.807, 2.05) is 0 Å². The fourth-order valence-corrected chi connectivity index (χ4v) is 1.33. The zero-order valence-electron chi connectivity index (χ0n) is 8.87. The van der Waals surface area contributed by atoms with Gasteiger partial charge in [-0.2, -0.15) is 0 Å². The Morgan fingerprint density at radius 1 is 1.38 bits per heavy atom. The molecule has 0 saturated carbocycles. The van der Waals surface area contributed by atoms with Gasteiger partial charge in [0.1, 0.15) is 0 Å². The molecular formula is C11H12N2O3. The van der Waals surface area contributed by atoms with E-state index >= 15 is 0 Å². The third-order valence-corrected chi connectivity index (χ3v) is 1.96. The quantitative estimate of drug-likeness (QED) is 0.802. The van der Waals surface area contributed by atoms with Crippen molar-refractivity contribution >= 4 is 11.7 Å². The van der Waals surface area contributed by atoms with Crippen LogP contribution in [-0.4, -0.2) is 12.8 Å². The van der Waals surface area contributed by atoms with E-state index in [4.69, 9.17) is 9.47 Å². The molecule has 2 rings (SSSR count). The van der Waals surface area contributed by atoms with Crippen LogP contribution >= 0.6 is 0 Å². The Morgan fingerprint density at radius 2 is 2.12 bits per heavy atom. The van der Waals surface area contributed by atoms with Crippen LogP contribution in [0, 0.1) is 0 Å². The summed E-state index contributed by atoms with van der Waals surface area (Å²) in [5, 5.41) is 5.20. The first kappa shape index (κ1) is 10.4. The molecule has 0 spiro atoms. The largest absolute Gasteiger partial charge is 0.454 e. The Morgan fingerprint density at radius 3 is 2.88 bits per heavy atom. The molecule has 1 aromatic rings. The maximum atomic E-state index is 11.4. The molecule has 2 amide bonds.